The molecule has 0 aliphatic rings. The SMILES string of the molecule is COc1ccc(-c2noc3ccccc23)c(/C=N/[S@@+]([O-])C(C)(C)C)c1. The Morgan fingerprint density at radius 1 is 1.20 bits per heavy atom. The lowest BCUT2D eigenvalue weighted by molar-refractivity contribution is 0.414. The number of fused-ring (bicyclic) bond motifs is 1. The van der Waals surface area contributed by atoms with E-state index in [2.05, 4.69) is 9.55 Å². The lowest BCUT2D eigenvalue weighted by Gasteiger charge is -2.17. The Labute approximate surface area is 150 Å². The smallest absolute Gasteiger partial charge is 0.167 e. The third kappa shape index (κ3) is 3.70. The number of benzene rings is 2. The molecule has 0 saturated carbocycles. The summed E-state index contributed by atoms with van der Waals surface area (Å²) in [6.07, 6.45) is 1.61. The summed E-state index contributed by atoms with van der Waals surface area (Å²) in [5, 5.41) is 5.12. The molecule has 1 heterocycles. The van der Waals surface area contributed by atoms with Crippen LogP contribution in [0.2, 0.25) is 0 Å². The van der Waals surface area contributed by atoms with Crippen molar-refractivity contribution in [3.8, 4) is 17.0 Å². The largest absolute Gasteiger partial charge is 0.591 e. The zero-order valence-corrected chi connectivity index (χ0v) is 15.5. The van der Waals surface area contributed by atoms with Crippen LogP contribution in [-0.4, -0.2) is 27.8 Å². The monoisotopic (exact) mass is 356 g/mol. The molecule has 3 rings (SSSR count). The van der Waals surface area contributed by atoms with Crippen LogP contribution in [-0.2, 0) is 11.4 Å². The molecular weight excluding hydrogens is 336 g/mol. The van der Waals surface area contributed by atoms with E-state index in [-0.39, 0.29) is 0 Å². The van der Waals surface area contributed by atoms with E-state index in [9.17, 15) is 4.55 Å². The Kier molecular flexibility index (Phi) is 4.83. The number of hydrogen-bond donors (Lipinski definition) is 0. The van der Waals surface area contributed by atoms with E-state index in [1.165, 1.54) is 0 Å². The Balaban J connectivity index is 2.09. The third-order valence-corrected chi connectivity index (χ3v) is 5.05. The summed E-state index contributed by atoms with van der Waals surface area (Å²) in [7, 11) is 1.61. The highest BCUT2D eigenvalue weighted by atomic mass is 32.2. The molecule has 3 aromatic rings. The Hall–Kier alpha value is -2.31. The first-order valence-corrected chi connectivity index (χ1v) is 9.00. The second kappa shape index (κ2) is 6.90. The highest BCUT2D eigenvalue weighted by Crippen LogP contribution is 2.32. The number of para-hydroxylation sites is 1. The second-order valence-corrected chi connectivity index (χ2v) is 8.51. The van der Waals surface area contributed by atoms with Crippen LogP contribution in [0.5, 0.6) is 5.75 Å². The van der Waals surface area contributed by atoms with Crippen molar-refractivity contribution in [1.29, 1.82) is 0 Å². The molecule has 0 fully saturated rings. The van der Waals surface area contributed by atoms with E-state index < -0.39 is 16.1 Å². The molecule has 2 aromatic carbocycles. The molecule has 0 unspecified atom stereocenters. The van der Waals surface area contributed by atoms with Gasteiger partial charge in [-0.2, -0.15) is 0 Å². The van der Waals surface area contributed by atoms with Crippen molar-refractivity contribution in [1.82, 2.24) is 5.16 Å². The zero-order chi connectivity index (χ0) is 18.0. The van der Waals surface area contributed by atoms with Crippen molar-refractivity contribution < 1.29 is 13.8 Å². The van der Waals surface area contributed by atoms with Crippen molar-refractivity contribution >= 4 is 28.5 Å². The van der Waals surface area contributed by atoms with Gasteiger partial charge in [-0.3, -0.25) is 0 Å². The summed E-state index contributed by atoms with van der Waals surface area (Å²) in [6.45, 7) is 5.66. The van der Waals surface area contributed by atoms with Gasteiger partial charge >= 0.3 is 0 Å². The van der Waals surface area contributed by atoms with Crippen LogP contribution in [0.1, 0.15) is 26.3 Å². The number of hydrogen-bond acceptors (Lipinski definition) is 5. The summed E-state index contributed by atoms with van der Waals surface area (Å²) in [5.41, 5.74) is 3.06. The molecule has 0 radical (unpaired) electrons. The minimum Gasteiger partial charge on any atom is -0.591 e. The fraction of sp³-hybridized carbons (Fsp3) is 0.263. The number of methoxy groups -OCH3 is 1. The summed E-state index contributed by atoms with van der Waals surface area (Å²) < 4.78 is 26.8. The van der Waals surface area contributed by atoms with Crippen LogP contribution >= 0.6 is 0 Å². The van der Waals surface area contributed by atoms with Gasteiger partial charge in [0, 0.05) is 16.5 Å². The lowest BCUT2D eigenvalue weighted by Crippen LogP contribution is -2.25. The van der Waals surface area contributed by atoms with Crippen molar-refractivity contribution in [3.05, 3.63) is 48.0 Å². The van der Waals surface area contributed by atoms with Crippen LogP contribution in [0.15, 0.2) is 51.4 Å². The van der Waals surface area contributed by atoms with E-state index in [0.29, 0.717) is 5.75 Å². The van der Waals surface area contributed by atoms with E-state index in [4.69, 9.17) is 9.26 Å². The second-order valence-electron chi connectivity index (χ2n) is 6.58. The predicted octanol–water partition coefficient (Wildman–Crippen LogP) is 4.38. The molecule has 6 heteroatoms. The average Bonchev–Trinajstić information content (AvgIpc) is 3.02. The van der Waals surface area contributed by atoms with Crippen molar-refractivity contribution in [2.24, 2.45) is 4.40 Å². The molecule has 25 heavy (non-hydrogen) atoms. The first-order chi connectivity index (χ1) is 11.9. The topological polar surface area (TPSA) is 70.7 Å². The van der Waals surface area contributed by atoms with Crippen LogP contribution in [0, 0.1) is 0 Å². The normalized spacial score (nSPS) is 13.5. The maximum Gasteiger partial charge on any atom is 0.167 e. The highest BCUT2D eigenvalue weighted by molar-refractivity contribution is 7.91. The maximum atomic E-state index is 12.3. The molecule has 1 atom stereocenters. The fourth-order valence-electron chi connectivity index (χ4n) is 2.33. The quantitative estimate of drug-likeness (QED) is 0.513. The summed E-state index contributed by atoms with van der Waals surface area (Å²) >= 11 is -1.34. The first-order valence-electron chi connectivity index (χ1n) is 7.89. The van der Waals surface area contributed by atoms with Crippen molar-refractivity contribution in [2.45, 2.75) is 25.5 Å². The van der Waals surface area contributed by atoms with Gasteiger partial charge in [0.15, 0.2) is 5.58 Å². The molecule has 1 aromatic heterocycles. The standard InChI is InChI=1S/C19H20N2O3S/c1-19(2,3)25(22)20-12-13-11-14(23-4)9-10-15(13)18-16-7-5-6-8-17(16)24-21-18/h5-12H,1-4H3/b20-12+/t25-/m0/s1. The summed E-state index contributed by atoms with van der Waals surface area (Å²) in [4.78, 5) is 0. The molecular formula is C19H20N2O3S. The van der Waals surface area contributed by atoms with Crippen molar-refractivity contribution in [3.63, 3.8) is 0 Å². The minimum absolute atomic E-state index is 0.421. The number of aromatic nitrogens is 1. The van der Waals surface area contributed by atoms with Gasteiger partial charge in [-0.1, -0.05) is 21.7 Å². The van der Waals surface area contributed by atoms with E-state index >= 15 is 0 Å². The fourth-order valence-corrected chi connectivity index (χ4v) is 2.86. The molecule has 0 aliphatic carbocycles. The first kappa shape index (κ1) is 17.5. The van der Waals surface area contributed by atoms with Crippen LogP contribution < -0.4 is 4.74 Å². The summed E-state index contributed by atoms with van der Waals surface area (Å²) in [5.74, 6) is 0.694. The molecule has 0 N–H and O–H groups in total. The van der Waals surface area contributed by atoms with Crippen LogP contribution in [0.4, 0.5) is 0 Å². The van der Waals surface area contributed by atoms with Gasteiger partial charge in [-0.25, -0.2) is 0 Å². The van der Waals surface area contributed by atoms with Gasteiger partial charge in [-0.05, 0) is 51.1 Å². The van der Waals surface area contributed by atoms with E-state index in [0.717, 1.165) is 27.8 Å². The Morgan fingerprint density at radius 2 is 1.96 bits per heavy atom. The van der Waals surface area contributed by atoms with Gasteiger partial charge in [-0.15, -0.1) is 0 Å². The molecule has 5 nitrogen and oxygen atoms in total. The summed E-state index contributed by atoms with van der Waals surface area (Å²) in [6, 6.07) is 13.3. The highest BCUT2D eigenvalue weighted by Gasteiger charge is 2.26. The number of ether oxygens (including phenoxy) is 1. The predicted molar refractivity (Wildman–Crippen MR) is 101 cm³/mol. The van der Waals surface area contributed by atoms with Crippen LogP contribution in [0.3, 0.4) is 0 Å². The van der Waals surface area contributed by atoms with Gasteiger partial charge in [0.2, 0.25) is 0 Å². The Morgan fingerprint density at radius 3 is 2.68 bits per heavy atom. The zero-order valence-electron chi connectivity index (χ0n) is 14.6. The van der Waals surface area contributed by atoms with Crippen molar-refractivity contribution in [2.75, 3.05) is 7.11 Å². The van der Waals surface area contributed by atoms with E-state index in [1.54, 1.807) is 13.3 Å². The lowest BCUT2D eigenvalue weighted by atomic mass is 10.0. The molecule has 0 spiro atoms. The molecule has 0 amide bonds. The molecule has 0 aliphatic heterocycles. The molecule has 130 valence electrons. The van der Waals surface area contributed by atoms with Gasteiger partial charge in [0.1, 0.15) is 27.6 Å². The number of rotatable bonds is 4. The van der Waals surface area contributed by atoms with Crippen LogP contribution in [0.25, 0.3) is 22.2 Å². The number of nitrogens with zero attached hydrogens (tertiary/aromatic N) is 2. The molecule has 0 saturated heterocycles. The minimum atomic E-state index is -1.34. The van der Waals surface area contributed by atoms with Gasteiger partial charge in [0.05, 0.1) is 13.3 Å². The average molecular weight is 356 g/mol. The maximum absolute atomic E-state index is 12.3. The Bertz CT molecular complexity index is 912. The molecule has 0 bridgehead atoms. The third-order valence-electron chi connectivity index (χ3n) is 3.70. The van der Waals surface area contributed by atoms with Gasteiger partial charge < -0.3 is 13.8 Å². The van der Waals surface area contributed by atoms with E-state index in [1.807, 2.05) is 63.2 Å². The van der Waals surface area contributed by atoms with Gasteiger partial charge in [0.25, 0.3) is 0 Å².